The fraction of sp³-hybridized carbons (Fsp3) is 0.400. The van der Waals surface area contributed by atoms with Gasteiger partial charge in [-0.15, -0.1) is 11.3 Å². The van der Waals surface area contributed by atoms with Gasteiger partial charge < -0.3 is 14.1 Å². The van der Waals surface area contributed by atoms with E-state index < -0.39 is 0 Å². The minimum Gasteiger partial charge on any atom is -0.465 e. The number of likely N-dealkylation sites (tertiary alicyclic amines) is 1. The summed E-state index contributed by atoms with van der Waals surface area (Å²) in [5, 5.41) is 1.24. The number of carbonyl (C=O) groups is 1. The number of esters is 1. The number of benzene rings is 1. The van der Waals surface area contributed by atoms with Gasteiger partial charge in [-0.2, -0.15) is 0 Å². The minimum atomic E-state index is -0.335. The van der Waals surface area contributed by atoms with Crippen LogP contribution in [0.5, 0.6) is 0 Å². The second-order valence-electron chi connectivity index (χ2n) is 6.91. The fourth-order valence-electron chi connectivity index (χ4n) is 3.78. The molecule has 1 aromatic carbocycles. The van der Waals surface area contributed by atoms with Crippen LogP contribution in [-0.2, 0) is 11.3 Å². The van der Waals surface area contributed by atoms with Crippen molar-refractivity contribution in [3.8, 4) is 0 Å². The Kier molecular flexibility index (Phi) is 4.78. The van der Waals surface area contributed by atoms with Gasteiger partial charge in [0.15, 0.2) is 5.76 Å². The highest BCUT2D eigenvalue weighted by atomic mass is 32.1. The number of fused-ring (bicyclic) bond motifs is 1. The highest BCUT2D eigenvalue weighted by Gasteiger charge is 2.28. The molecule has 0 bridgehead atoms. The summed E-state index contributed by atoms with van der Waals surface area (Å²) in [6.45, 7) is 4.77. The standard InChI is InChI=1S/C20H22N2O3S/c1-13-16(20(23)24-2)10-15(25-13)12-22-9-5-6-14(11-22)19-21-17-7-3-4-8-18(17)26-19/h3-4,7-8,10,14H,5-6,9,11-12H2,1-2H3/p+1/t14-/m0/s1. The van der Waals surface area contributed by atoms with Gasteiger partial charge in [0.2, 0.25) is 0 Å². The topological polar surface area (TPSA) is 56.8 Å². The number of thiazole rings is 1. The Morgan fingerprint density at radius 2 is 2.27 bits per heavy atom. The first kappa shape index (κ1) is 17.2. The molecule has 0 radical (unpaired) electrons. The third-order valence-electron chi connectivity index (χ3n) is 5.08. The maximum Gasteiger partial charge on any atom is 0.341 e. The highest BCUT2D eigenvalue weighted by Crippen LogP contribution is 2.30. The molecule has 3 heterocycles. The number of aromatic nitrogens is 1. The zero-order chi connectivity index (χ0) is 18.1. The molecule has 0 aliphatic carbocycles. The van der Waals surface area contributed by atoms with Crippen molar-refractivity contribution in [2.75, 3.05) is 20.2 Å². The van der Waals surface area contributed by atoms with Crippen molar-refractivity contribution < 1.29 is 18.8 Å². The van der Waals surface area contributed by atoms with Crippen molar-refractivity contribution in [3.63, 3.8) is 0 Å². The maximum absolute atomic E-state index is 11.8. The largest absolute Gasteiger partial charge is 0.465 e. The Labute approximate surface area is 156 Å². The van der Waals surface area contributed by atoms with E-state index in [1.54, 1.807) is 0 Å². The molecular formula is C20H23N2O3S+. The molecule has 5 nitrogen and oxygen atoms in total. The van der Waals surface area contributed by atoms with Crippen LogP contribution in [0.15, 0.2) is 34.7 Å². The van der Waals surface area contributed by atoms with Gasteiger partial charge in [0.25, 0.3) is 0 Å². The zero-order valence-corrected chi connectivity index (χ0v) is 15.9. The molecule has 2 atom stereocenters. The second kappa shape index (κ2) is 7.21. The quantitative estimate of drug-likeness (QED) is 0.717. The summed E-state index contributed by atoms with van der Waals surface area (Å²) in [5.41, 5.74) is 1.63. The number of para-hydroxylation sites is 1. The first-order valence-electron chi connectivity index (χ1n) is 9.00. The predicted octanol–water partition coefficient (Wildman–Crippen LogP) is 2.95. The molecule has 26 heavy (non-hydrogen) atoms. The lowest BCUT2D eigenvalue weighted by Gasteiger charge is -2.28. The van der Waals surface area contributed by atoms with Gasteiger partial charge in [-0.05, 0) is 31.9 Å². The number of carbonyl (C=O) groups excluding carboxylic acids is 1. The molecule has 2 aromatic heterocycles. The van der Waals surface area contributed by atoms with Crippen molar-refractivity contribution in [3.05, 3.63) is 52.4 Å². The SMILES string of the molecule is COC(=O)c1cc(C[NH+]2CCC[C@H](c3nc4ccccc4s3)C2)oc1C. The number of nitrogens with zero attached hydrogens (tertiary/aromatic N) is 1. The number of methoxy groups -OCH3 is 1. The van der Waals surface area contributed by atoms with Crippen molar-refractivity contribution in [2.45, 2.75) is 32.2 Å². The van der Waals surface area contributed by atoms with Gasteiger partial charge in [0.1, 0.15) is 22.9 Å². The molecule has 4 rings (SSSR count). The summed E-state index contributed by atoms with van der Waals surface area (Å²) in [5.74, 6) is 1.64. The number of piperidine rings is 1. The Hall–Kier alpha value is -2.18. The normalized spacial score (nSPS) is 20.4. The number of hydrogen-bond acceptors (Lipinski definition) is 5. The van der Waals surface area contributed by atoms with Crippen LogP contribution in [0.4, 0.5) is 0 Å². The number of aryl methyl sites for hydroxylation is 1. The lowest BCUT2D eigenvalue weighted by molar-refractivity contribution is -0.921. The molecule has 1 aliphatic heterocycles. The first-order chi connectivity index (χ1) is 12.6. The molecule has 1 fully saturated rings. The Morgan fingerprint density at radius 1 is 1.42 bits per heavy atom. The third kappa shape index (κ3) is 3.39. The van der Waals surface area contributed by atoms with E-state index in [1.165, 1.54) is 34.6 Å². The summed E-state index contributed by atoms with van der Waals surface area (Å²) in [6, 6.07) is 10.2. The number of rotatable bonds is 4. The molecule has 3 aromatic rings. The van der Waals surface area contributed by atoms with Gasteiger partial charge in [-0.25, -0.2) is 9.78 Å². The molecule has 1 aliphatic rings. The lowest BCUT2D eigenvalue weighted by Crippen LogP contribution is -3.12. The maximum atomic E-state index is 11.8. The molecule has 136 valence electrons. The molecule has 0 saturated carbocycles. The molecule has 1 saturated heterocycles. The fourth-order valence-corrected chi connectivity index (χ4v) is 4.88. The van der Waals surface area contributed by atoms with E-state index in [0.717, 1.165) is 30.9 Å². The van der Waals surface area contributed by atoms with Gasteiger partial charge in [-0.1, -0.05) is 12.1 Å². The lowest BCUT2D eigenvalue weighted by atomic mass is 9.98. The highest BCUT2D eigenvalue weighted by molar-refractivity contribution is 7.18. The summed E-state index contributed by atoms with van der Waals surface area (Å²) in [4.78, 5) is 18.1. The monoisotopic (exact) mass is 371 g/mol. The molecule has 0 spiro atoms. The number of quaternary nitrogens is 1. The van der Waals surface area contributed by atoms with Crippen LogP contribution in [0.1, 0.15) is 45.6 Å². The predicted molar refractivity (Wildman–Crippen MR) is 101 cm³/mol. The summed E-state index contributed by atoms with van der Waals surface area (Å²) < 4.78 is 11.9. The van der Waals surface area contributed by atoms with Crippen LogP contribution >= 0.6 is 11.3 Å². The summed E-state index contributed by atoms with van der Waals surface area (Å²) in [6.07, 6.45) is 2.37. The van der Waals surface area contributed by atoms with E-state index >= 15 is 0 Å². The second-order valence-corrected chi connectivity index (χ2v) is 7.98. The first-order valence-corrected chi connectivity index (χ1v) is 9.82. The Balaban J connectivity index is 1.47. The van der Waals surface area contributed by atoms with Crippen LogP contribution in [0, 0.1) is 6.92 Å². The van der Waals surface area contributed by atoms with E-state index in [1.807, 2.05) is 30.4 Å². The van der Waals surface area contributed by atoms with E-state index in [-0.39, 0.29) is 5.97 Å². The Bertz CT molecular complexity index is 897. The molecule has 0 amide bonds. The number of hydrogen-bond donors (Lipinski definition) is 1. The van der Waals surface area contributed by atoms with Crippen LogP contribution in [0.2, 0.25) is 0 Å². The van der Waals surface area contributed by atoms with Gasteiger partial charge >= 0.3 is 5.97 Å². The van der Waals surface area contributed by atoms with E-state index in [4.69, 9.17) is 14.1 Å². The van der Waals surface area contributed by atoms with Crippen LogP contribution in [0.3, 0.4) is 0 Å². The van der Waals surface area contributed by atoms with Crippen molar-refractivity contribution in [1.29, 1.82) is 0 Å². The molecule has 1 unspecified atom stereocenters. The average molecular weight is 371 g/mol. The minimum absolute atomic E-state index is 0.335. The Morgan fingerprint density at radius 3 is 3.08 bits per heavy atom. The number of nitrogens with one attached hydrogen (secondary N) is 1. The third-order valence-corrected chi connectivity index (χ3v) is 6.27. The van der Waals surface area contributed by atoms with Crippen molar-refractivity contribution in [2.24, 2.45) is 0 Å². The van der Waals surface area contributed by atoms with Crippen LogP contribution in [-0.4, -0.2) is 31.2 Å². The molecule has 1 N–H and O–H groups in total. The van der Waals surface area contributed by atoms with Gasteiger partial charge in [0, 0.05) is 6.07 Å². The smallest absolute Gasteiger partial charge is 0.341 e. The van der Waals surface area contributed by atoms with Gasteiger partial charge in [-0.3, -0.25) is 0 Å². The van der Waals surface area contributed by atoms with Gasteiger partial charge in [0.05, 0.1) is 36.3 Å². The molecule has 6 heteroatoms. The number of furan rings is 1. The zero-order valence-electron chi connectivity index (χ0n) is 15.1. The van der Waals surface area contributed by atoms with E-state index in [9.17, 15) is 4.79 Å². The summed E-state index contributed by atoms with van der Waals surface area (Å²) >= 11 is 1.82. The van der Waals surface area contributed by atoms with E-state index in [0.29, 0.717) is 17.2 Å². The number of ether oxygens (including phenoxy) is 1. The van der Waals surface area contributed by atoms with Crippen LogP contribution in [0.25, 0.3) is 10.2 Å². The average Bonchev–Trinajstić information content (AvgIpc) is 3.24. The molecular weight excluding hydrogens is 348 g/mol. The van der Waals surface area contributed by atoms with E-state index in [2.05, 4.69) is 18.2 Å². The van der Waals surface area contributed by atoms with Crippen LogP contribution < -0.4 is 4.90 Å². The van der Waals surface area contributed by atoms with Crippen molar-refractivity contribution in [1.82, 2.24) is 4.98 Å². The summed E-state index contributed by atoms with van der Waals surface area (Å²) in [7, 11) is 1.40. The van der Waals surface area contributed by atoms with Crippen molar-refractivity contribution >= 4 is 27.5 Å².